The summed E-state index contributed by atoms with van der Waals surface area (Å²) in [7, 11) is -8.70. The van der Waals surface area contributed by atoms with Crippen LogP contribution in [0, 0.1) is 12.8 Å². The zero-order valence-electron chi connectivity index (χ0n) is 40.4. The third kappa shape index (κ3) is 11.2. The number of ether oxygens (including phenoxy) is 2. The number of fused-ring (bicyclic) bond motifs is 4. The fourth-order valence-electron chi connectivity index (χ4n) is 10.6. The van der Waals surface area contributed by atoms with Crippen molar-refractivity contribution in [2.75, 3.05) is 39.4 Å². The van der Waals surface area contributed by atoms with Gasteiger partial charge in [-0.05, 0) is 75.8 Å². The molecule has 6 aromatic carbocycles. The zero-order chi connectivity index (χ0) is 49.8. The molecular formula is C57H59N3O10S2. The van der Waals surface area contributed by atoms with Crippen molar-refractivity contribution in [1.29, 1.82) is 0 Å². The quantitative estimate of drug-likeness (QED) is 0.0853. The van der Waals surface area contributed by atoms with Crippen LogP contribution < -0.4 is 13.1 Å². The van der Waals surface area contributed by atoms with Gasteiger partial charge in [0.25, 0.3) is 5.91 Å². The molecule has 10 rings (SSSR count). The normalized spacial score (nSPS) is 16.2. The fourth-order valence-corrected chi connectivity index (χ4v) is 12.7. The van der Waals surface area contributed by atoms with Gasteiger partial charge < -0.3 is 27.6 Å². The van der Waals surface area contributed by atoms with E-state index in [4.69, 9.17) is 17.8 Å². The van der Waals surface area contributed by atoms with Crippen LogP contribution in [0.1, 0.15) is 92.9 Å². The van der Waals surface area contributed by atoms with Gasteiger partial charge in [0.05, 0.1) is 6.61 Å². The van der Waals surface area contributed by atoms with Crippen LogP contribution in [0.3, 0.4) is 0 Å². The molecule has 13 nitrogen and oxygen atoms in total. The van der Waals surface area contributed by atoms with Gasteiger partial charge in [-0.3, -0.25) is 9.69 Å². The van der Waals surface area contributed by atoms with Crippen molar-refractivity contribution < 1.29 is 44.3 Å². The summed E-state index contributed by atoms with van der Waals surface area (Å²) < 4.78 is 79.2. The minimum atomic E-state index is -4.41. The Labute approximate surface area is 422 Å². The summed E-state index contributed by atoms with van der Waals surface area (Å²) in [5.41, 5.74) is 8.76. The standard InChI is InChI=1S/C57H59N3O10S2/c1-40-52(69-71(63,64)38-42-17-7-3-8-18-42)32-53(70-72(65,66)39-43-19-9-4-10-20-43)54(55(40)67-36-41-15-5-2-6-16-41)56(61)60-34-45-26-25-44(31-46(45)35-60)33-58-27-29-59(30-28-58)57(62)68-37-51-49-23-13-11-21-47(49)48-22-12-14-24-50(48)51/h3-4,7-14,17-26,31-32,41,51H,2,5-6,15-16,27-30,33-39H2,1H3. The zero-order valence-corrected chi connectivity index (χ0v) is 42.0. The van der Waals surface area contributed by atoms with E-state index in [-0.39, 0.29) is 72.6 Å². The molecule has 1 saturated carbocycles. The lowest BCUT2D eigenvalue weighted by Crippen LogP contribution is -2.48. The molecule has 2 heterocycles. The highest BCUT2D eigenvalue weighted by molar-refractivity contribution is 7.86. The maximum atomic E-state index is 15.1. The molecule has 0 N–H and O–H groups in total. The molecule has 6 aromatic rings. The Balaban J connectivity index is 0.853. The van der Waals surface area contributed by atoms with Gasteiger partial charge in [-0.2, -0.15) is 16.8 Å². The number of nitrogens with zero attached hydrogens (tertiary/aromatic N) is 3. The molecule has 0 spiro atoms. The summed E-state index contributed by atoms with van der Waals surface area (Å²) in [4.78, 5) is 34.2. The maximum absolute atomic E-state index is 15.1. The van der Waals surface area contributed by atoms with Crippen LogP contribution in [0.4, 0.5) is 4.79 Å². The average molecular weight is 1010 g/mol. The van der Waals surface area contributed by atoms with Gasteiger partial charge >= 0.3 is 26.3 Å². The predicted molar refractivity (Wildman–Crippen MR) is 275 cm³/mol. The Morgan fingerprint density at radius 1 is 0.583 bits per heavy atom. The first-order valence-electron chi connectivity index (χ1n) is 24.8. The Morgan fingerprint density at radius 3 is 1.78 bits per heavy atom. The lowest BCUT2D eigenvalue weighted by atomic mass is 9.90. The first-order chi connectivity index (χ1) is 34.9. The lowest BCUT2D eigenvalue weighted by Gasteiger charge is -2.34. The van der Waals surface area contributed by atoms with Gasteiger partial charge in [-0.25, -0.2) is 4.79 Å². The van der Waals surface area contributed by atoms with E-state index in [1.54, 1.807) is 77.4 Å². The van der Waals surface area contributed by atoms with Crippen LogP contribution in [-0.4, -0.2) is 82.9 Å². The molecule has 1 saturated heterocycles. The third-order valence-corrected chi connectivity index (χ3v) is 16.5. The van der Waals surface area contributed by atoms with Gasteiger partial charge in [0, 0.05) is 63.4 Å². The molecule has 0 aromatic heterocycles. The molecule has 2 fully saturated rings. The van der Waals surface area contributed by atoms with E-state index >= 15 is 4.79 Å². The highest BCUT2D eigenvalue weighted by Crippen LogP contribution is 2.45. The minimum Gasteiger partial charge on any atom is -0.492 e. The number of carbonyl (C=O) groups is 2. The molecule has 0 bridgehead atoms. The van der Waals surface area contributed by atoms with Crippen LogP contribution in [0.15, 0.2) is 133 Å². The summed E-state index contributed by atoms with van der Waals surface area (Å²) in [5, 5.41) is 0. The molecule has 2 amide bonds. The molecule has 15 heteroatoms. The lowest BCUT2D eigenvalue weighted by molar-refractivity contribution is 0.0724. The summed E-state index contributed by atoms with van der Waals surface area (Å²) >= 11 is 0. The predicted octanol–water partition coefficient (Wildman–Crippen LogP) is 9.99. The highest BCUT2D eigenvalue weighted by Gasteiger charge is 2.36. The minimum absolute atomic E-state index is 0.00693. The van der Waals surface area contributed by atoms with Crippen LogP contribution >= 0.6 is 0 Å². The smallest absolute Gasteiger partial charge is 0.409 e. The first kappa shape index (κ1) is 48.9. The number of hydrogen-bond acceptors (Lipinski definition) is 11. The second kappa shape index (κ2) is 21.2. The number of piperazine rings is 1. The van der Waals surface area contributed by atoms with E-state index in [1.165, 1.54) is 28.3 Å². The molecule has 72 heavy (non-hydrogen) atoms. The average Bonchev–Trinajstić information content (AvgIpc) is 3.95. The second-order valence-corrected chi connectivity index (χ2v) is 22.5. The van der Waals surface area contributed by atoms with E-state index in [2.05, 4.69) is 41.3 Å². The highest BCUT2D eigenvalue weighted by atomic mass is 32.2. The number of hydrogen-bond donors (Lipinski definition) is 0. The Hall–Kier alpha value is -6.68. The van der Waals surface area contributed by atoms with E-state index < -0.39 is 37.6 Å². The fraction of sp³-hybridized carbons (Fsp3) is 0.333. The molecular weight excluding hydrogens is 951 g/mol. The van der Waals surface area contributed by atoms with Crippen molar-refractivity contribution in [3.05, 3.63) is 184 Å². The van der Waals surface area contributed by atoms with Crippen LogP contribution in [0.2, 0.25) is 0 Å². The van der Waals surface area contributed by atoms with Crippen LogP contribution in [-0.2, 0) is 56.1 Å². The number of carbonyl (C=O) groups excluding carboxylic acids is 2. The molecule has 0 radical (unpaired) electrons. The van der Waals surface area contributed by atoms with Crippen molar-refractivity contribution in [2.45, 2.75) is 76.1 Å². The summed E-state index contributed by atoms with van der Waals surface area (Å²) in [5.74, 6) is -1.84. The molecule has 2 aliphatic carbocycles. The largest absolute Gasteiger partial charge is 0.492 e. The number of benzene rings is 6. The first-order valence-corrected chi connectivity index (χ1v) is 28.0. The van der Waals surface area contributed by atoms with E-state index in [0.29, 0.717) is 43.9 Å². The monoisotopic (exact) mass is 1010 g/mol. The van der Waals surface area contributed by atoms with Crippen molar-refractivity contribution in [1.82, 2.24) is 14.7 Å². The van der Waals surface area contributed by atoms with Gasteiger partial charge in [-0.15, -0.1) is 0 Å². The van der Waals surface area contributed by atoms with Gasteiger partial charge in [0.1, 0.15) is 29.4 Å². The summed E-state index contributed by atoms with van der Waals surface area (Å²) in [6.07, 6.45) is 4.74. The van der Waals surface area contributed by atoms with Gasteiger partial charge in [-0.1, -0.05) is 147 Å². The molecule has 0 unspecified atom stereocenters. The van der Waals surface area contributed by atoms with Crippen molar-refractivity contribution >= 4 is 32.2 Å². The Morgan fingerprint density at radius 2 is 1.15 bits per heavy atom. The Kier molecular flexibility index (Phi) is 14.4. The molecule has 0 atom stereocenters. The van der Waals surface area contributed by atoms with E-state index in [0.717, 1.165) is 48.8 Å². The van der Waals surface area contributed by atoms with E-state index in [1.807, 2.05) is 30.3 Å². The molecule has 374 valence electrons. The van der Waals surface area contributed by atoms with E-state index in [9.17, 15) is 21.6 Å². The molecule has 2 aliphatic heterocycles. The van der Waals surface area contributed by atoms with Crippen molar-refractivity contribution in [3.63, 3.8) is 0 Å². The van der Waals surface area contributed by atoms with Crippen LogP contribution in [0.25, 0.3) is 11.1 Å². The third-order valence-electron chi connectivity index (χ3n) is 14.3. The summed E-state index contributed by atoms with van der Waals surface area (Å²) in [6, 6.07) is 41.1. The molecule has 4 aliphatic rings. The number of rotatable bonds is 16. The summed E-state index contributed by atoms with van der Waals surface area (Å²) in [6.45, 7) is 5.64. The van der Waals surface area contributed by atoms with Crippen molar-refractivity contribution in [3.8, 4) is 28.4 Å². The van der Waals surface area contributed by atoms with Crippen molar-refractivity contribution in [2.24, 2.45) is 5.92 Å². The number of amides is 2. The van der Waals surface area contributed by atoms with Gasteiger partial charge in [0.2, 0.25) is 0 Å². The Bertz CT molecular complexity index is 3130. The topological polar surface area (TPSA) is 149 Å². The second-order valence-electron chi connectivity index (χ2n) is 19.4. The van der Waals surface area contributed by atoms with Crippen LogP contribution in [0.5, 0.6) is 17.2 Å². The SMILES string of the molecule is Cc1c(OS(=O)(=O)Cc2ccccc2)cc(OS(=O)(=O)Cc2ccccc2)c(C(=O)N2Cc3ccc(CN4CCN(C(=O)OCC5c6ccccc6-c6ccccc65)CC4)cc3C2)c1OCC1CCCCC1. The maximum Gasteiger partial charge on any atom is 0.409 e. The van der Waals surface area contributed by atoms with Gasteiger partial charge in [0.15, 0.2) is 11.5 Å².